The van der Waals surface area contributed by atoms with Crippen molar-refractivity contribution in [3.8, 4) is 0 Å². The van der Waals surface area contributed by atoms with Gasteiger partial charge in [0.05, 0.1) is 26.4 Å². The van der Waals surface area contributed by atoms with E-state index in [0.29, 0.717) is 60.9 Å². The Morgan fingerprint density at radius 1 is 0.633 bits per heavy atom. The first-order valence-corrected chi connectivity index (χ1v) is 12.9. The molecule has 6 nitrogen and oxygen atoms in total. The Morgan fingerprint density at radius 3 is 1.27 bits per heavy atom. The molecule has 30 heavy (non-hydrogen) atoms. The van der Waals surface area contributed by atoms with Crippen molar-refractivity contribution in [1.82, 2.24) is 0 Å². The number of thiocarbonyl (C=S) groups is 2. The third-order valence-corrected chi connectivity index (χ3v) is 6.86. The van der Waals surface area contributed by atoms with Crippen LogP contribution in [0, 0.1) is 0 Å². The van der Waals surface area contributed by atoms with E-state index in [2.05, 4.69) is 0 Å². The molecule has 0 saturated heterocycles. The van der Waals surface area contributed by atoms with Gasteiger partial charge in [0.15, 0.2) is 0 Å². The summed E-state index contributed by atoms with van der Waals surface area (Å²) in [5.41, 5.74) is 0. The second kappa shape index (κ2) is 19.1. The number of hydrogen-bond acceptors (Lipinski definition) is 10. The summed E-state index contributed by atoms with van der Waals surface area (Å²) < 4.78 is 21.8. The van der Waals surface area contributed by atoms with E-state index in [1.54, 1.807) is 13.8 Å². The van der Waals surface area contributed by atoms with Crippen LogP contribution in [0.15, 0.2) is 0 Å². The summed E-state index contributed by atoms with van der Waals surface area (Å²) in [6, 6.07) is 0. The highest BCUT2D eigenvalue weighted by Gasteiger charge is 2.21. The SMILES string of the molecule is CCOC(=O)CCC(CCC(CCC(=O)OCC)SC(=S)OCC)SC(=S)OCC. The lowest BCUT2D eigenvalue weighted by Gasteiger charge is -2.21. The van der Waals surface area contributed by atoms with E-state index in [4.69, 9.17) is 43.4 Å². The fourth-order valence-electron chi connectivity index (χ4n) is 2.50. The molecule has 0 aliphatic heterocycles. The molecule has 0 spiro atoms. The van der Waals surface area contributed by atoms with E-state index in [0.717, 1.165) is 12.8 Å². The van der Waals surface area contributed by atoms with Crippen molar-refractivity contribution in [1.29, 1.82) is 0 Å². The molecule has 2 atom stereocenters. The molecule has 10 heteroatoms. The van der Waals surface area contributed by atoms with Crippen molar-refractivity contribution in [3.63, 3.8) is 0 Å². The van der Waals surface area contributed by atoms with Crippen molar-refractivity contribution in [3.05, 3.63) is 0 Å². The molecule has 0 rings (SSSR count). The summed E-state index contributed by atoms with van der Waals surface area (Å²) in [7, 11) is 0. The average Bonchev–Trinajstić information content (AvgIpc) is 2.68. The third-order valence-electron chi connectivity index (χ3n) is 3.81. The summed E-state index contributed by atoms with van der Waals surface area (Å²) in [6.45, 7) is 9.12. The van der Waals surface area contributed by atoms with Crippen LogP contribution in [0.25, 0.3) is 0 Å². The standard InChI is InChI=1S/C20H34O6S4/c1-5-23-17(21)13-11-15(29-19(27)25-7-3)9-10-16(30-20(28)26-8-4)12-14-18(22)24-6-2/h15-16H,5-14H2,1-4H3. The lowest BCUT2D eigenvalue weighted by molar-refractivity contribution is -0.144. The number of carbonyl (C=O) groups excluding carboxylic acids is 2. The maximum Gasteiger partial charge on any atom is 0.305 e. The van der Waals surface area contributed by atoms with Crippen molar-refractivity contribution in [2.45, 2.75) is 76.7 Å². The molecular weight excluding hydrogens is 464 g/mol. The molecule has 0 fully saturated rings. The van der Waals surface area contributed by atoms with Gasteiger partial charge in [0.25, 0.3) is 0 Å². The van der Waals surface area contributed by atoms with E-state index in [1.807, 2.05) is 13.8 Å². The Labute approximate surface area is 199 Å². The van der Waals surface area contributed by atoms with E-state index in [1.165, 1.54) is 23.5 Å². The van der Waals surface area contributed by atoms with Crippen LogP contribution < -0.4 is 0 Å². The van der Waals surface area contributed by atoms with Gasteiger partial charge in [-0.05, 0) is 77.8 Å². The Hall–Kier alpha value is -0.580. The maximum absolute atomic E-state index is 11.8. The maximum atomic E-state index is 11.8. The molecule has 0 aromatic heterocycles. The molecule has 0 bridgehead atoms. The van der Waals surface area contributed by atoms with E-state index < -0.39 is 0 Å². The second-order valence-corrected chi connectivity index (χ2v) is 9.92. The van der Waals surface area contributed by atoms with E-state index in [9.17, 15) is 9.59 Å². The zero-order valence-corrected chi connectivity index (χ0v) is 21.6. The number of hydrogen-bond donors (Lipinski definition) is 0. The van der Waals surface area contributed by atoms with Gasteiger partial charge in [-0.25, -0.2) is 0 Å². The van der Waals surface area contributed by atoms with E-state index in [-0.39, 0.29) is 22.4 Å². The molecule has 0 aliphatic carbocycles. The van der Waals surface area contributed by atoms with Crippen molar-refractivity contribution >= 4 is 68.7 Å². The van der Waals surface area contributed by atoms with Gasteiger partial charge in [-0.1, -0.05) is 23.5 Å². The summed E-state index contributed by atoms with van der Waals surface area (Å²) in [5, 5.41) is 0.222. The minimum absolute atomic E-state index is 0.111. The number of thioether (sulfide) groups is 2. The van der Waals surface area contributed by atoms with Crippen LogP contribution in [-0.2, 0) is 28.5 Å². The Kier molecular flexibility index (Phi) is 18.8. The topological polar surface area (TPSA) is 71.1 Å². The third kappa shape index (κ3) is 16.2. The molecule has 0 amide bonds. The molecule has 0 aromatic carbocycles. The lowest BCUT2D eigenvalue weighted by Crippen LogP contribution is -2.17. The Morgan fingerprint density at radius 2 is 0.967 bits per heavy atom. The summed E-state index contributed by atoms with van der Waals surface area (Å²) in [6.07, 6.45) is 3.54. The Bertz CT molecular complexity index is 483. The smallest absolute Gasteiger partial charge is 0.305 e. The van der Waals surface area contributed by atoms with Crippen LogP contribution in [0.2, 0.25) is 0 Å². The monoisotopic (exact) mass is 498 g/mol. The van der Waals surface area contributed by atoms with Crippen LogP contribution >= 0.6 is 48.0 Å². The molecule has 0 N–H and O–H groups in total. The Balaban J connectivity index is 4.91. The van der Waals surface area contributed by atoms with Crippen molar-refractivity contribution in [2.75, 3.05) is 26.4 Å². The van der Waals surface area contributed by atoms with Crippen LogP contribution in [0.3, 0.4) is 0 Å². The normalized spacial score (nSPS) is 12.5. The van der Waals surface area contributed by atoms with Gasteiger partial charge < -0.3 is 18.9 Å². The van der Waals surface area contributed by atoms with Gasteiger partial charge in [-0.2, -0.15) is 0 Å². The van der Waals surface area contributed by atoms with Gasteiger partial charge in [0, 0.05) is 23.3 Å². The molecule has 0 radical (unpaired) electrons. The van der Waals surface area contributed by atoms with Crippen LogP contribution in [0.5, 0.6) is 0 Å². The van der Waals surface area contributed by atoms with Gasteiger partial charge in [-0.15, -0.1) is 0 Å². The van der Waals surface area contributed by atoms with E-state index >= 15 is 0 Å². The average molecular weight is 499 g/mol. The lowest BCUT2D eigenvalue weighted by atomic mass is 10.1. The first-order chi connectivity index (χ1) is 14.4. The summed E-state index contributed by atoms with van der Waals surface area (Å²) in [4.78, 5) is 23.5. The molecule has 2 unspecified atom stereocenters. The first-order valence-electron chi connectivity index (χ1n) is 10.3. The first kappa shape index (κ1) is 29.4. The van der Waals surface area contributed by atoms with Crippen molar-refractivity contribution in [2.24, 2.45) is 0 Å². The minimum atomic E-state index is -0.212. The summed E-state index contributed by atoms with van der Waals surface area (Å²) in [5.74, 6) is -0.424. The van der Waals surface area contributed by atoms with Crippen molar-refractivity contribution < 1.29 is 28.5 Å². The quantitative estimate of drug-likeness (QED) is 0.219. The van der Waals surface area contributed by atoms with Gasteiger partial charge >= 0.3 is 11.9 Å². The fraction of sp³-hybridized carbons (Fsp3) is 0.800. The number of esters is 2. The molecular formula is C20H34O6S4. The molecule has 0 heterocycles. The number of rotatable bonds is 15. The van der Waals surface area contributed by atoms with Crippen LogP contribution in [-0.4, -0.2) is 57.6 Å². The van der Waals surface area contributed by atoms with Gasteiger partial charge in [0.2, 0.25) is 8.77 Å². The fourth-order valence-corrected chi connectivity index (χ4v) is 5.44. The number of ether oxygens (including phenoxy) is 4. The van der Waals surface area contributed by atoms with Gasteiger partial charge in [0.1, 0.15) is 0 Å². The largest absolute Gasteiger partial charge is 0.479 e. The second-order valence-electron chi connectivity index (χ2n) is 6.11. The highest BCUT2D eigenvalue weighted by atomic mass is 32.2. The highest BCUT2D eigenvalue weighted by molar-refractivity contribution is 8.23. The highest BCUT2D eigenvalue weighted by Crippen LogP contribution is 2.30. The molecule has 174 valence electrons. The number of carbonyl (C=O) groups is 2. The molecule has 0 saturated carbocycles. The zero-order valence-electron chi connectivity index (χ0n) is 18.3. The predicted octanol–water partition coefficient (Wildman–Crippen LogP) is 5.30. The zero-order chi connectivity index (χ0) is 22.8. The molecule has 0 aromatic rings. The summed E-state index contributed by atoms with van der Waals surface area (Å²) >= 11 is 13.5. The minimum Gasteiger partial charge on any atom is -0.479 e. The van der Waals surface area contributed by atoms with Crippen LogP contribution in [0.1, 0.15) is 66.2 Å². The molecule has 0 aliphatic rings. The van der Waals surface area contributed by atoms with Gasteiger partial charge in [-0.3, -0.25) is 9.59 Å². The predicted molar refractivity (Wildman–Crippen MR) is 132 cm³/mol. The van der Waals surface area contributed by atoms with Crippen LogP contribution in [0.4, 0.5) is 0 Å².